The van der Waals surface area contributed by atoms with Crippen molar-refractivity contribution in [3.05, 3.63) is 194 Å². The van der Waals surface area contributed by atoms with E-state index in [0.717, 1.165) is 110 Å². The van der Waals surface area contributed by atoms with E-state index in [1.54, 1.807) is 0 Å². The van der Waals surface area contributed by atoms with Gasteiger partial charge in [-0.15, -0.1) is 0 Å². The molecule has 6 heteroatoms. The minimum Gasteiger partial charge on any atom is -0.456 e. The van der Waals surface area contributed by atoms with Gasteiger partial charge in [0.25, 0.3) is 0 Å². The first-order chi connectivity index (χ1) is 30.2. The number of para-hydroxylation sites is 3. The smallest absolute Gasteiger partial charge is 0.164 e. The van der Waals surface area contributed by atoms with E-state index in [0.29, 0.717) is 17.5 Å². The van der Waals surface area contributed by atoms with Gasteiger partial charge in [0.05, 0.1) is 16.7 Å². The van der Waals surface area contributed by atoms with Gasteiger partial charge in [-0.05, 0) is 47.5 Å². The lowest BCUT2D eigenvalue weighted by Gasteiger charge is -2.15. The van der Waals surface area contributed by atoms with Crippen LogP contribution in [0.15, 0.2) is 203 Å². The van der Waals surface area contributed by atoms with Crippen LogP contribution in [0, 0.1) is 0 Å². The second-order valence-electron chi connectivity index (χ2n) is 15.5. The zero-order valence-electron chi connectivity index (χ0n) is 32.6. The average molecular weight is 781 g/mol. The number of rotatable bonds is 5. The average Bonchev–Trinajstić information content (AvgIpc) is 4.00. The molecule has 0 saturated heterocycles. The summed E-state index contributed by atoms with van der Waals surface area (Å²) in [6.45, 7) is 0. The number of fused-ring (bicyclic) bond motifs is 11. The van der Waals surface area contributed by atoms with Crippen molar-refractivity contribution in [3.8, 4) is 51.0 Å². The normalized spacial score (nSPS) is 11.9. The summed E-state index contributed by atoms with van der Waals surface area (Å²) in [7, 11) is 0. The topological polar surface area (TPSA) is 69.9 Å². The molecule has 0 amide bonds. The summed E-state index contributed by atoms with van der Waals surface area (Å²) in [6, 6.07) is 67.3. The van der Waals surface area contributed by atoms with E-state index in [2.05, 4.69) is 138 Å². The molecule has 0 fully saturated rings. The Hall–Kier alpha value is -8.35. The third-order valence-electron chi connectivity index (χ3n) is 12.1. The number of hydrogen-bond donors (Lipinski definition) is 0. The van der Waals surface area contributed by atoms with E-state index in [9.17, 15) is 0 Å². The number of benzene rings is 9. The fourth-order valence-corrected chi connectivity index (χ4v) is 9.22. The van der Waals surface area contributed by atoms with Crippen molar-refractivity contribution < 1.29 is 8.83 Å². The molecular weight excluding hydrogens is 749 g/mol. The van der Waals surface area contributed by atoms with E-state index < -0.39 is 0 Å². The molecule has 284 valence electrons. The summed E-state index contributed by atoms with van der Waals surface area (Å²) in [4.78, 5) is 15.6. The van der Waals surface area contributed by atoms with Crippen LogP contribution in [0.3, 0.4) is 0 Å². The first-order valence-electron chi connectivity index (χ1n) is 20.4. The van der Waals surface area contributed by atoms with Gasteiger partial charge in [-0.2, -0.15) is 0 Å². The molecule has 0 radical (unpaired) electrons. The fraction of sp³-hybridized carbons (Fsp3) is 0. The molecule has 13 aromatic rings. The van der Waals surface area contributed by atoms with Gasteiger partial charge in [-0.25, -0.2) is 15.0 Å². The number of nitrogens with zero attached hydrogens (tertiary/aromatic N) is 4. The molecule has 13 rings (SSSR count). The van der Waals surface area contributed by atoms with Gasteiger partial charge < -0.3 is 13.4 Å². The molecule has 4 aromatic heterocycles. The Morgan fingerprint density at radius 1 is 0.328 bits per heavy atom. The van der Waals surface area contributed by atoms with Gasteiger partial charge >= 0.3 is 0 Å². The van der Waals surface area contributed by atoms with Crippen LogP contribution < -0.4 is 0 Å². The highest BCUT2D eigenvalue weighted by atomic mass is 16.3. The molecule has 0 unspecified atom stereocenters. The highest BCUT2D eigenvalue weighted by molar-refractivity contribution is 6.23. The SMILES string of the molecule is c1ccc(-c2ccc(-c3nc(-c4ccccc4)nc(-c4cccc5c(-n6c7ccccc7c7cc8oc9ccccc9c8cc76)cc6c7ccccc7oc6c45)n3)cc2)cc1. The number of furan rings is 2. The maximum Gasteiger partial charge on any atom is 0.164 e. The Morgan fingerprint density at radius 3 is 1.64 bits per heavy atom. The van der Waals surface area contributed by atoms with Crippen molar-refractivity contribution in [2.75, 3.05) is 0 Å². The van der Waals surface area contributed by atoms with Crippen LogP contribution in [0.25, 0.3) is 127 Å². The Kier molecular flexibility index (Phi) is 7.21. The van der Waals surface area contributed by atoms with Crippen molar-refractivity contribution in [2.45, 2.75) is 0 Å². The summed E-state index contributed by atoms with van der Waals surface area (Å²) in [5.74, 6) is 1.76. The van der Waals surface area contributed by atoms with Gasteiger partial charge in [-0.3, -0.25) is 0 Å². The third-order valence-corrected chi connectivity index (χ3v) is 12.1. The lowest BCUT2D eigenvalue weighted by Crippen LogP contribution is -2.01. The summed E-state index contributed by atoms with van der Waals surface area (Å²) >= 11 is 0. The van der Waals surface area contributed by atoms with E-state index in [1.165, 1.54) is 0 Å². The van der Waals surface area contributed by atoms with E-state index in [1.807, 2.05) is 60.7 Å². The third kappa shape index (κ3) is 5.19. The maximum absolute atomic E-state index is 6.86. The molecule has 0 spiro atoms. The van der Waals surface area contributed by atoms with Gasteiger partial charge in [0.2, 0.25) is 0 Å². The molecule has 61 heavy (non-hydrogen) atoms. The Morgan fingerprint density at radius 2 is 0.885 bits per heavy atom. The second kappa shape index (κ2) is 13.1. The lowest BCUT2D eigenvalue weighted by atomic mass is 9.98. The van der Waals surface area contributed by atoms with Gasteiger partial charge in [0, 0.05) is 59.8 Å². The molecule has 9 aromatic carbocycles. The Bertz CT molecular complexity index is 3860. The Labute approximate surface area is 348 Å². The number of hydrogen-bond acceptors (Lipinski definition) is 5. The monoisotopic (exact) mass is 780 g/mol. The molecule has 4 heterocycles. The standard InChI is InChI=1S/C55H32N4O2/c1-3-14-33(15-4-1)34-26-28-36(29-27-34)54-56-53(35-16-5-2-6-17-35)57-55(58-54)41-22-13-21-40-46(31-44-39-20-9-12-25-49(39)61-52(44)51(40)41)59-45-23-10-7-18-37(45)42-32-50-43(30-47(42)59)38-19-8-11-24-48(38)60-50/h1-32H. The van der Waals surface area contributed by atoms with E-state index in [-0.39, 0.29) is 0 Å². The van der Waals surface area contributed by atoms with Crippen LogP contribution in [0.4, 0.5) is 0 Å². The minimum atomic E-state index is 0.564. The van der Waals surface area contributed by atoms with Crippen LogP contribution in [0.2, 0.25) is 0 Å². The fourth-order valence-electron chi connectivity index (χ4n) is 9.22. The highest BCUT2D eigenvalue weighted by Crippen LogP contribution is 2.45. The minimum absolute atomic E-state index is 0.564. The molecule has 0 aliphatic rings. The van der Waals surface area contributed by atoms with Crippen molar-refractivity contribution in [1.82, 2.24) is 19.5 Å². The van der Waals surface area contributed by atoms with Crippen LogP contribution in [-0.4, -0.2) is 19.5 Å². The molecule has 0 bridgehead atoms. The predicted octanol–water partition coefficient (Wildman–Crippen LogP) is 14.6. The molecule has 0 saturated carbocycles. The first kappa shape index (κ1) is 33.6. The van der Waals surface area contributed by atoms with Crippen LogP contribution in [-0.2, 0) is 0 Å². The van der Waals surface area contributed by atoms with Gasteiger partial charge in [0.15, 0.2) is 17.5 Å². The van der Waals surface area contributed by atoms with Crippen molar-refractivity contribution in [1.29, 1.82) is 0 Å². The summed E-state index contributed by atoms with van der Waals surface area (Å²) in [6.07, 6.45) is 0. The summed E-state index contributed by atoms with van der Waals surface area (Å²) in [5.41, 5.74) is 11.5. The van der Waals surface area contributed by atoms with Crippen LogP contribution in [0.1, 0.15) is 0 Å². The van der Waals surface area contributed by atoms with E-state index >= 15 is 0 Å². The van der Waals surface area contributed by atoms with Crippen molar-refractivity contribution in [3.63, 3.8) is 0 Å². The van der Waals surface area contributed by atoms with E-state index in [4.69, 9.17) is 23.8 Å². The first-order valence-corrected chi connectivity index (χ1v) is 20.4. The zero-order valence-corrected chi connectivity index (χ0v) is 32.6. The molecule has 6 nitrogen and oxygen atoms in total. The highest BCUT2D eigenvalue weighted by Gasteiger charge is 2.24. The summed E-state index contributed by atoms with van der Waals surface area (Å²) in [5, 5.41) is 8.44. The molecule has 0 aliphatic heterocycles. The lowest BCUT2D eigenvalue weighted by molar-refractivity contribution is 0.669. The largest absolute Gasteiger partial charge is 0.456 e. The van der Waals surface area contributed by atoms with Crippen molar-refractivity contribution in [2.24, 2.45) is 0 Å². The second-order valence-corrected chi connectivity index (χ2v) is 15.5. The van der Waals surface area contributed by atoms with Crippen molar-refractivity contribution >= 4 is 76.5 Å². The van der Waals surface area contributed by atoms with Crippen LogP contribution >= 0.6 is 0 Å². The quantitative estimate of drug-likeness (QED) is 0.174. The van der Waals surface area contributed by atoms with Gasteiger partial charge in [-0.1, -0.05) is 158 Å². The van der Waals surface area contributed by atoms with Gasteiger partial charge in [0.1, 0.15) is 22.3 Å². The molecule has 0 N–H and O–H groups in total. The maximum atomic E-state index is 6.86. The molecular formula is C55H32N4O2. The Balaban J connectivity index is 1.11. The molecule has 0 aliphatic carbocycles. The predicted molar refractivity (Wildman–Crippen MR) is 248 cm³/mol. The van der Waals surface area contributed by atoms with Crippen LogP contribution in [0.5, 0.6) is 0 Å². The summed E-state index contributed by atoms with van der Waals surface area (Å²) < 4.78 is 15.7. The number of aromatic nitrogens is 4. The molecule has 0 atom stereocenters. The zero-order chi connectivity index (χ0) is 40.0.